The second kappa shape index (κ2) is 5.85. The molecule has 0 bridgehead atoms. The molecule has 1 N–H and O–H groups in total. The number of nitrogens with one attached hydrogen (secondary N) is 1. The van der Waals surface area contributed by atoms with Crippen LogP contribution in [-0.4, -0.2) is 35.4 Å². The van der Waals surface area contributed by atoms with Crippen molar-refractivity contribution in [2.75, 3.05) is 13.1 Å². The van der Waals surface area contributed by atoms with E-state index < -0.39 is 10.0 Å². The number of nitrogens with zero attached hydrogens (tertiary/aromatic N) is 3. The minimum Gasteiger partial charge on any atom is -0.313 e. The molecular weight excluding hydrogens is 324 g/mol. The molecule has 1 aliphatic heterocycles. The fourth-order valence-electron chi connectivity index (χ4n) is 2.93. The van der Waals surface area contributed by atoms with Gasteiger partial charge in [0.2, 0.25) is 0 Å². The Kier molecular flexibility index (Phi) is 3.66. The summed E-state index contributed by atoms with van der Waals surface area (Å²) in [4.78, 5) is 8.42. The minimum absolute atomic E-state index is 0.0246. The number of hydrogen-bond acceptors (Lipinski definition) is 5. The van der Waals surface area contributed by atoms with Crippen LogP contribution in [-0.2, 0) is 10.0 Å². The molecule has 0 radical (unpaired) electrons. The van der Waals surface area contributed by atoms with Gasteiger partial charge >= 0.3 is 0 Å². The predicted molar refractivity (Wildman–Crippen MR) is 92.0 cm³/mol. The number of aromatic nitrogens is 3. The smallest absolute Gasteiger partial charge is 0.285 e. The second-order valence-electron chi connectivity index (χ2n) is 5.57. The van der Waals surface area contributed by atoms with E-state index in [0.717, 1.165) is 30.6 Å². The van der Waals surface area contributed by atoms with E-state index in [0.29, 0.717) is 11.0 Å². The normalized spacial score (nSPS) is 15.4. The first-order valence-corrected chi connectivity index (χ1v) is 9.15. The number of fused-ring (bicyclic) bond motifs is 1. The molecule has 0 atom stereocenters. The average Bonchev–Trinajstić information content (AvgIpc) is 3.04. The van der Waals surface area contributed by atoms with Gasteiger partial charge in [-0.1, -0.05) is 12.1 Å². The Morgan fingerprint density at radius 3 is 2.71 bits per heavy atom. The molecule has 4 rings (SSSR count). The highest BCUT2D eigenvalue weighted by Crippen LogP contribution is 2.30. The zero-order chi connectivity index (χ0) is 16.6. The molecule has 0 spiro atoms. The monoisotopic (exact) mass is 340 g/mol. The lowest BCUT2D eigenvalue weighted by molar-refractivity contribution is 0.585. The van der Waals surface area contributed by atoms with Crippen molar-refractivity contribution in [1.29, 1.82) is 0 Å². The quantitative estimate of drug-likeness (QED) is 0.789. The maximum absolute atomic E-state index is 13.0. The molecule has 24 heavy (non-hydrogen) atoms. The maximum atomic E-state index is 13.0. The van der Waals surface area contributed by atoms with Gasteiger partial charge in [0, 0.05) is 30.7 Å². The number of rotatable bonds is 3. The van der Waals surface area contributed by atoms with E-state index >= 15 is 0 Å². The third kappa shape index (κ3) is 2.42. The molecule has 0 aromatic carbocycles. The summed E-state index contributed by atoms with van der Waals surface area (Å²) in [7, 11) is -3.76. The Morgan fingerprint density at radius 2 is 1.96 bits per heavy atom. The van der Waals surface area contributed by atoms with E-state index in [1.54, 1.807) is 36.7 Å². The van der Waals surface area contributed by atoms with E-state index in [4.69, 9.17) is 0 Å². The third-order valence-electron chi connectivity index (χ3n) is 4.10. The number of hydrogen-bond donors (Lipinski definition) is 1. The van der Waals surface area contributed by atoms with Crippen LogP contribution in [0.1, 0.15) is 12.0 Å². The summed E-state index contributed by atoms with van der Waals surface area (Å²) in [5.41, 5.74) is 3.25. The van der Waals surface area contributed by atoms with Crippen molar-refractivity contribution < 1.29 is 8.42 Å². The summed E-state index contributed by atoms with van der Waals surface area (Å²) in [5.74, 6) is 0. The fraction of sp³-hybridized carbons (Fsp3) is 0.176. The van der Waals surface area contributed by atoms with Crippen molar-refractivity contribution >= 4 is 26.6 Å². The standard InChI is InChI=1S/C17H16N4O2S/c22-24(23,16-5-1-2-8-19-16)21-12-14(13-6-10-18-11-7-13)17-15(21)4-3-9-20-17/h1-6,8-9,12,18H,7,10-11H2. The summed E-state index contributed by atoms with van der Waals surface area (Å²) in [6.45, 7) is 1.65. The maximum Gasteiger partial charge on any atom is 0.285 e. The van der Waals surface area contributed by atoms with E-state index in [-0.39, 0.29) is 5.03 Å². The number of pyridine rings is 2. The Balaban J connectivity index is 1.96. The van der Waals surface area contributed by atoms with Crippen LogP contribution in [0.5, 0.6) is 0 Å². The van der Waals surface area contributed by atoms with Gasteiger partial charge in [-0.2, -0.15) is 8.42 Å². The van der Waals surface area contributed by atoms with Gasteiger partial charge in [0.15, 0.2) is 5.03 Å². The zero-order valence-corrected chi connectivity index (χ0v) is 13.7. The van der Waals surface area contributed by atoms with Crippen LogP contribution < -0.4 is 5.32 Å². The summed E-state index contributed by atoms with van der Waals surface area (Å²) in [6, 6.07) is 8.38. The molecular formula is C17H16N4O2S. The third-order valence-corrected chi connectivity index (χ3v) is 5.69. The lowest BCUT2D eigenvalue weighted by atomic mass is 10.0. The van der Waals surface area contributed by atoms with Crippen LogP contribution in [0.3, 0.4) is 0 Å². The highest BCUT2D eigenvalue weighted by Gasteiger charge is 2.24. The van der Waals surface area contributed by atoms with Crippen molar-refractivity contribution in [1.82, 2.24) is 19.3 Å². The fourth-order valence-corrected chi connectivity index (χ4v) is 4.23. The van der Waals surface area contributed by atoms with E-state index in [2.05, 4.69) is 21.4 Å². The molecule has 0 amide bonds. The molecule has 1 aliphatic rings. The van der Waals surface area contributed by atoms with Crippen molar-refractivity contribution in [3.05, 3.63) is 60.6 Å². The Bertz CT molecular complexity index is 1020. The first kappa shape index (κ1) is 15.0. The first-order valence-electron chi connectivity index (χ1n) is 7.71. The second-order valence-corrected chi connectivity index (χ2v) is 7.33. The van der Waals surface area contributed by atoms with Crippen LogP contribution in [0, 0.1) is 0 Å². The summed E-state index contributed by atoms with van der Waals surface area (Å²) < 4.78 is 27.3. The van der Waals surface area contributed by atoms with E-state index in [1.165, 1.54) is 16.2 Å². The Morgan fingerprint density at radius 1 is 1.08 bits per heavy atom. The summed E-state index contributed by atoms with van der Waals surface area (Å²) in [5, 5.41) is 3.29. The molecule has 6 nitrogen and oxygen atoms in total. The molecule has 7 heteroatoms. The van der Waals surface area contributed by atoms with Gasteiger partial charge in [-0.3, -0.25) is 4.98 Å². The molecule has 0 saturated heterocycles. The predicted octanol–water partition coefficient (Wildman–Crippen LogP) is 2.04. The molecule has 122 valence electrons. The average molecular weight is 340 g/mol. The van der Waals surface area contributed by atoms with Gasteiger partial charge in [0.05, 0.1) is 11.0 Å². The molecule has 3 aromatic heterocycles. The first-order chi connectivity index (χ1) is 11.7. The molecule has 0 unspecified atom stereocenters. The molecule has 3 aromatic rings. The Labute approximate surface area is 139 Å². The summed E-state index contributed by atoms with van der Waals surface area (Å²) in [6.07, 6.45) is 7.76. The van der Waals surface area contributed by atoms with Crippen LogP contribution in [0.25, 0.3) is 16.6 Å². The Hall–Kier alpha value is -2.51. The van der Waals surface area contributed by atoms with Crippen LogP contribution >= 0.6 is 0 Å². The van der Waals surface area contributed by atoms with Crippen LogP contribution in [0.4, 0.5) is 0 Å². The van der Waals surface area contributed by atoms with Gasteiger partial charge in [-0.05, 0) is 42.8 Å². The molecule has 0 fully saturated rings. The van der Waals surface area contributed by atoms with Crippen molar-refractivity contribution in [2.24, 2.45) is 0 Å². The highest BCUT2D eigenvalue weighted by molar-refractivity contribution is 7.90. The van der Waals surface area contributed by atoms with Gasteiger partial charge < -0.3 is 5.32 Å². The molecule has 0 saturated carbocycles. The van der Waals surface area contributed by atoms with Gasteiger partial charge in [0.25, 0.3) is 10.0 Å². The van der Waals surface area contributed by atoms with E-state index in [1.807, 2.05) is 0 Å². The highest BCUT2D eigenvalue weighted by atomic mass is 32.2. The summed E-state index contributed by atoms with van der Waals surface area (Å²) >= 11 is 0. The topological polar surface area (TPSA) is 76.9 Å². The van der Waals surface area contributed by atoms with Crippen molar-refractivity contribution in [2.45, 2.75) is 11.4 Å². The van der Waals surface area contributed by atoms with E-state index in [9.17, 15) is 8.42 Å². The van der Waals surface area contributed by atoms with Gasteiger partial charge in [-0.25, -0.2) is 8.96 Å². The van der Waals surface area contributed by atoms with Crippen LogP contribution in [0.15, 0.2) is 60.0 Å². The van der Waals surface area contributed by atoms with Gasteiger partial charge in [-0.15, -0.1) is 0 Å². The van der Waals surface area contributed by atoms with Crippen molar-refractivity contribution in [3.63, 3.8) is 0 Å². The molecule has 4 heterocycles. The van der Waals surface area contributed by atoms with Gasteiger partial charge in [0.1, 0.15) is 0 Å². The lowest BCUT2D eigenvalue weighted by Gasteiger charge is -2.12. The zero-order valence-electron chi connectivity index (χ0n) is 12.9. The van der Waals surface area contributed by atoms with Crippen molar-refractivity contribution in [3.8, 4) is 0 Å². The lowest BCUT2D eigenvalue weighted by Crippen LogP contribution is -2.20. The van der Waals surface area contributed by atoms with Crippen LogP contribution in [0.2, 0.25) is 0 Å². The minimum atomic E-state index is -3.76. The SMILES string of the molecule is O=S(=O)(c1ccccn1)n1cc(C2=CCNCC2)c2ncccc21. The molecule has 0 aliphatic carbocycles. The largest absolute Gasteiger partial charge is 0.313 e.